The van der Waals surface area contributed by atoms with Crippen molar-refractivity contribution in [2.45, 2.75) is 44.2 Å². The first-order valence-corrected chi connectivity index (χ1v) is 7.55. The van der Waals surface area contributed by atoms with Crippen molar-refractivity contribution in [3.05, 3.63) is 28.8 Å². The van der Waals surface area contributed by atoms with E-state index in [0.717, 1.165) is 0 Å². The molecule has 0 fully saturated rings. The Balaban J connectivity index is 2.96. The van der Waals surface area contributed by atoms with Gasteiger partial charge >= 0.3 is 0 Å². The number of benzene rings is 1. The third-order valence-electron chi connectivity index (χ3n) is 2.49. The number of aryl methyl sites for hydroxylation is 1. The summed E-state index contributed by atoms with van der Waals surface area (Å²) in [6.45, 7) is 5.05. The molecule has 0 radical (unpaired) electrons. The monoisotopic (exact) mass is 291 g/mol. The van der Waals surface area contributed by atoms with Crippen LogP contribution in [0.5, 0.6) is 0 Å². The van der Waals surface area contributed by atoms with Gasteiger partial charge < -0.3 is 5.11 Å². The molecule has 4 nitrogen and oxygen atoms in total. The van der Waals surface area contributed by atoms with Crippen LogP contribution in [-0.2, 0) is 10.0 Å². The fraction of sp³-hybridized carbons (Fsp3) is 0.500. The second-order valence-corrected chi connectivity index (χ2v) is 6.64. The Labute approximate surface area is 113 Å². The van der Waals surface area contributed by atoms with Crippen LogP contribution >= 0.6 is 11.6 Å². The van der Waals surface area contributed by atoms with Crippen LogP contribution in [0.4, 0.5) is 0 Å². The normalized spacial score (nSPS) is 15.4. The minimum atomic E-state index is -3.60. The number of aliphatic hydroxyl groups is 1. The highest BCUT2D eigenvalue weighted by Gasteiger charge is 2.20. The van der Waals surface area contributed by atoms with E-state index in [0.29, 0.717) is 17.0 Å². The van der Waals surface area contributed by atoms with Crippen LogP contribution in [0, 0.1) is 6.92 Å². The number of hydrogen-bond donors (Lipinski definition) is 2. The van der Waals surface area contributed by atoms with E-state index in [-0.39, 0.29) is 10.9 Å². The van der Waals surface area contributed by atoms with E-state index < -0.39 is 16.1 Å². The summed E-state index contributed by atoms with van der Waals surface area (Å²) in [6, 6.07) is 4.40. The molecule has 0 saturated heterocycles. The lowest BCUT2D eigenvalue weighted by Crippen LogP contribution is -2.35. The van der Waals surface area contributed by atoms with E-state index >= 15 is 0 Å². The van der Waals surface area contributed by atoms with Crippen molar-refractivity contribution >= 4 is 21.6 Å². The number of hydrogen-bond acceptors (Lipinski definition) is 3. The van der Waals surface area contributed by atoms with E-state index in [4.69, 9.17) is 11.6 Å². The Morgan fingerprint density at radius 1 is 1.39 bits per heavy atom. The Bertz CT molecular complexity index is 514. The zero-order valence-corrected chi connectivity index (χ0v) is 12.2. The summed E-state index contributed by atoms with van der Waals surface area (Å²) in [5.41, 5.74) is 0.635. The minimum absolute atomic E-state index is 0.174. The lowest BCUT2D eigenvalue weighted by Gasteiger charge is -2.16. The molecule has 0 saturated carbocycles. The van der Waals surface area contributed by atoms with Gasteiger partial charge in [0.05, 0.1) is 11.0 Å². The lowest BCUT2D eigenvalue weighted by atomic mass is 10.2. The van der Waals surface area contributed by atoms with Crippen molar-refractivity contribution in [3.63, 3.8) is 0 Å². The van der Waals surface area contributed by atoms with Gasteiger partial charge in [-0.15, -0.1) is 0 Å². The van der Waals surface area contributed by atoms with Gasteiger partial charge in [0, 0.05) is 11.1 Å². The minimum Gasteiger partial charge on any atom is -0.393 e. The van der Waals surface area contributed by atoms with Crippen molar-refractivity contribution in [2.24, 2.45) is 0 Å². The van der Waals surface area contributed by atoms with Gasteiger partial charge in [-0.1, -0.05) is 17.7 Å². The maximum Gasteiger partial charge on any atom is 0.241 e. The second-order valence-electron chi connectivity index (χ2n) is 4.52. The van der Waals surface area contributed by atoms with Gasteiger partial charge in [-0.25, -0.2) is 13.1 Å². The van der Waals surface area contributed by atoms with Crippen molar-refractivity contribution in [1.29, 1.82) is 0 Å². The maximum absolute atomic E-state index is 12.1. The molecule has 0 aliphatic heterocycles. The Kier molecular flexibility index (Phi) is 5.16. The zero-order valence-electron chi connectivity index (χ0n) is 10.6. The Hall–Kier alpha value is -0.620. The number of halogens is 1. The molecule has 0 aliphatic carbocycles. The van der Waals surface area contributed by atoms with Gasteiger partial charge in [-0.05, 0) is 44.9 Å². The highest BCUT2D eigenvalue weighted by atomic mass is 35.5. The van der Waals surface area contributed by atoms with Gasteiger partial charge in [-0.3, -0.25) is 0 Å². The molecule has 1 aromatic carbocycles. The molecular weight excluding hydrogens is 274 g/mol. The predicted octanol–water partition coefficient (Wildman–Crippen LogP) is 2.09. The molecule has 1 rings (SSSR count). The van der Waals surface area contributed by atoms with E-state index in [1.165, 1.54) is 6.07 Å². The fourth-order valence-electron chi connectivity index (χ4n) is 1.75. The highest BCUT2D eigenvalue weighted by Crippen LogP contribution is 2.20. The molecule has 102 valence electrons. The van der Waals surface area contributed by atoms with E-state index in [1.807, 2.05) is 0 Å². The molecule has 18 heavy (non-hydrogen) atoms. The topological polar surface area (TPSA) is 66.4 Å². The third kappa shape index (κ3) is 4.24. The quantitative estimate of drug-likeness (QED) is 0.873. The molecule has 2 atom stereocenters. The molecule has 0 heterocycles. The molecule has 1 aromatic rings. The van der Waals surface area contributed by atoms with Gasteiger partial charge in [-0.2, -0.15) is 0 Å². The number of rotatable bonds is 5. The average molecular weight is 292 g/mol. The van der Waals surface area contributed by atoms with Gasteiger partial charge in [0.1, 0.15) is 0 Å². The van der Waals surface area contributed by atoms with E-state index in [9.17, 15) is 13.5 Å². The smallest absolute Gasteiger partial charge is 0.241 e. The first kappa shape index (κ1) is 15.4. The largest absolute Gasteiger partial charge is 0.393 e. The van der Waals surface area contributed by atoms with Crippen molar-refractivity contribution in [2.75, 3.05) is 0 Å². The molecule has 0 aliphatic rings. The first-order chi connectivity index (χ1) is 8.22. The predicted molar refractivity (Wildman–Crippen MR) is 72.3 cm³/mol. The van der Waals surface area contributed by atoms with Gasteiger partial charge in [0.25, 0.3) is 0 Å². The molecule has 6 heteroatoms. The summed E-state index contributed by atoms with van der Waals surface area (Å²) in [4.78, 5) is 0.174. The first-order valence-electron chi connectivity index (χ1n) is 5.69. The van der Waals surface area contributed by atoms with Crippen LogP contribution in [0.3, 0.4) is 0 Å². The summed E-state index contributed by atoms with van der Waals surface area (Å²) < 4.78 is 26.8. The molecule has 0 spiro atoms. The molecular formula is C12H18ClNO3S. The van der Waals surface area contributed by atoms with Crippen molar-refractivity contribution < 1.29 is 13.5 Å². The highest BCUT2D eigenvalue weighted by molar-refractivity contribution is 7.89. The van der Waals surface area contributed by atoms with Gasteiger partial charge in [0.2, 0.25) is 10.0 Å². The summed E-state index contributed by atoms with van der Waals surface area (Å²) in [5, 5.41) is 9.61. The Morgan fingerprint density at radius 3 is 2.56 bits per heavy atom. The molecule has 2 N–H and O–H groups in total. The van der Waals surface area contributed by atoms with E-state index in [1.54, 1.807) is 32.9 Å². The number of sulfonamides is 1. The van der Waals surface area contributed by atoms with E-state index in [2.05, 4.69) is 4.72 Å². The summed E-state index contributed by atoms with van der Waals surface area (Å²) >= 11 is 5.81. The zero-order chi connectivity index (χ0) is 13.9. The fourth-order valence-corrected chi connectivity index (χ4v) is 3.52. The number of aliphatic hydroxyl groups excluding tert-OH is 1. The van der Waals surface area contributed by atoms with Crippen molar-refractivity contribution in [1.82, 2.24) is 4.72 Å². The SMILES string of the molecule is Cc1ccc(Cl)cc1S(=O)(=O)NC(C)CC(C)O. The summed E-state index contributed by atoms with van der Waals surface area (Å²) in [6.07, 6.45) is -0.193. The van der Waals surface area contributed by atoms with Crippen LogP contribution < -0.4 is 4.72 Å². The lowest BCUT2D eigenvalue weighted by molar-refractivity contribution is 0.175. The van der Waals surface area contributed by atoms with Crippen LogP contribution in [-0.4, -0.2) is 25.7 Å². The third-order valence-corrected chi connectivity index (χ3v) is 4.46. The molecule has 0 aromatic heterocycles. The van der Waals surface area contributed by atoms with Gasteiger partial charge in [0.15, 0.2) is 0 Å². The van der Waals surface area contributed by atoms with Crippen LogP contribution in [0.2, 0.25) is 5.02 Å². The Morgan fingerprint density at radius 2 is 2.00 bits per heavy atom. The standard InChI is InChI=1S/C12H18ClNO3S/c1-8-4-5-11(13)7-12(8)18(16,17)14-9(2)6-10(3)15/h4-5,7,9-10,14-15H,6H2,1-3H3. The van der Waals surface area contributed by atoms with Crippen LogP contribution in [0.15, 0.2) is 23.1 Å². The van der Waals surface area contributed by atoms with Crippen LogP contribution in [0.1, 0.15) is 25.8 Å². The van der Waals surface area contributed by atoms with Crippen molar-refractivity contribution in [3.8, 4) is 0 Å². The molecule has 2 unspecified atom stereocenters. The summed E-state index contributed by atoms with van der Waals surface area (Å²) in [7, 11) is -3.60. The average Bonchev–Trinajstić information content (AvgIpc) is 2.19. The number of nitrogens with one attached hydrogen (secondary N) is 1. The second kappa shape index (κ2) is 6.02. The maximum atomic E-state index is 12.1. The van der Waals surface area contributed by atoms with Crippen LogP contribution in [0.25, 0.3) is 0 Å². The summed E-state index contributed by atoms with van der Waals surface area (Å²) in [5.74, 6) is 0. The molecule has 0 amide bonds. The molecule has 0 bridgehead atoms.